The van der Waals surface area contributed by atoms with Crippen LogP contribution in [0, 0.1) is 13.8 Å². The Morgan fingerprint density at radius 1 is 1.12 bits per heavy atom. The van der Waals surface area contributed by atoms with Crippen LogP contribution >= 0.6 is 11.3 Å². The molecule has 7 heteroatoms. The van der Waals surface area contributed by atoms with Gasteiger partial charge in [-0.25, -0.2) is 9.97 Å². The average Bonchev–Trinajstić information content (AvgIpc) is 3.01. The Morgan fingerprint density at radius 2 is 2.00 bits per heavy atom. The van der Waals surface area contributed by atoms with Crippen LogP contribution in [-0.4, -0.2) is 19.9 Å². The van der Waals surface area contributed by atoms with Gasteiger partial charge in [-0.05, 0) is 31.5 Å². The highest BCUT2D eigenvalue weighted by atomic mass is 32.1. The molecule has 2 N–H and O–H groups in total. The number of aryl methyl sites for hydroxylation is 2. The summed E-state index contributed by atoms with van der Waals surface area (Å²) in [5.41, 5.74) is 3.58. The Bertz CT molecular complexity index is 1130. The van der Waals surface area contributed by atoms with Crippen LogP contribution in [0.1, 0.15) is 11.1 Å². The number of aromatic amines is 1. The molecule has 0 aliphatic heterocycles. The highest BCUT2D eigenvalue weighted by Crippen LogP contribution is 2.32. The van der Waals surface area contributed by atoms with Crippen molar-refractivity contribution in [2.24, 2.45) is 0 Å². The van der Waals surface area contributed by atoms with Gasteiger partial charge in [-0.1, -0.05) is 6.07 Å². The fourth-order valence-corrected chi connectivity index (χ4v) is 3.45. The van der Waals surface area contributed by atoms with Crippen molar-refractivity contribution >= 4 is 33.2 Å². The van der Waals surface area contributed by atoms with Crippen LogP contribution in [0.2, 0.25) is 0 Å². The second-order valence-corrected chi connectivity index (χ2v) is 6.79. The maximum absolute atomic E-state index is 11.7. The predicted molar refractivity (Wildman–Crippen MR) is 100 cm³/mol. The third-order valence-corrected chi connectivity index (χ3v) is 4.95. The Labute approximate surface area is 147 Å². The molecule has 0 fully saturated rings. The third kappa shape index (κ3) is 3.01. The summed E-state index contributed by atoms with van der Waals surface area (Å²) in [6, 6.07) is 7.43. The van der Waals surface area contributed by atoms with Gasteiger partial charge in [0.1, 0.15) is 16.6 Å². The number of fused-ring (bicyclic) bond motifs is 1. The summed E-state index contributed by atoms with van der Waals surface area (Å²) in [7, 11) is 0. The first-order valence-electron chi connectivity index (χ1n) is 7.75. The highest BCUT2D eigenvalue weighted by Gasteiger charge is 2.10. The first kappa shape index (κ1) is 15.5. The minimum Gasteiger partial charge on any atom is -0.326 e. The molecule has 124 valence electrons. The summed E-state index contributed by atoms with van der Waals surface area (Å²) in [5.74, 6) is 1.23. The summed E-state index contributed by atoms with van der Waals surface area (Å²) < 4.78 is 1.00. The molecule has 0 radical (unpaired) electrons. The quantitative estimate of drug-likeness (QED) is 0.588. The number of nitrogens with one attached hydrogen (secondary N) is 2. The number of hydrogen-bond acceptors (Lipinski definition) is 6. The van der Waals surface area contributed by atoms with Crippen LogP contribution in [0.15, 0.2) is 47.7 Å². The van der Waals surface area contributed by atoms with E-state index in [1.165, 1.54) is 0 Å². The molecule has 6 nitrogen and oxygen atoms in total. The van der Waals surface area contributed by atoms with Gasteiger partial charge in [0.25, 0.3) is 5.56 Å². The van der Waals surface area contributed by atoms with Gasteiger partial charge < -0.3 is 10.3 Å². The van der Waals surface area contributed by atoms with Crippen LogP contribution in [-0.2, 0) is 0 Å². The summed E-state index contributed by atoms with van der Waals surface area (Å²) in [5, 5.41) is 4.03. The predicted octanol–water partition coefficient (Wildman–Crippen LogP) is 3.80. The van der Waals surface area contributed by atoms with E-state index in [4.69, 9.17) is 4.98 Å². The monoisotopic (exact) mass is 349 g/mol. The van der Waals surface area contributed by atoms with Crippen LogP contribution in [0.4, 0.5) is 11.6 Å². The van der Waals surface area contributed by atoms with Crippen molar-refractivity contribution in [2.75, 3.05) is 5.32 Å². The zero-order valence-electron chi connectivity index (χ0n) is 13.7. The second-order valence-electron chi connectivity index (χ2n) is 5.76. The lowest BCUT2D eigenvalue weighted by Gasteiger charge is -2.05. The van der Waals surface area contributed by atoms with E-state index in [1.54, 1.807) is 36.7 Å². The van der Waals surface area contributed by atoms with Crippen molar-refractivity contribution in [2.45, 2.75) is 13.8 Å². The molecule has 0 bridgehead atoms. The van der Waals surface area contributed by atoms with Gasteiger partial charge in [0, 0.05) is 35.8 Å². The van der Waals surface area contributed by atoms with Crippen LogP contribution in [0.5, 0.6) is 0 Å². The molecular weight excluding hydrogens is 334 g/mol. The normalized spacial score (nSPS) is 11.0. The highest BCUT2D eigenvalue weighted by molar-refractivity contribution is 7.21. The van der Waals surface area contributed by atoms with E-state index >= 15 is 0 Å². The standard InChI is InChI=1S/C18H15N5OS/c1-10-5-6-19-8-12(10)18-21-13-7-16(20-9-14(13)25-18)22-15-4-3-11(2)17(24)23-15/h3-9H,1-2H3,(H2,20,22,23,24). The van der Waals surface area contributed by atoms with Crippen molar-refractivity contribution < 1.29 is 0 Å². The van der Waals surface area contributed by atoms with Crippen LogP contribution in [0.25, 0.3) is 20.8 Å². The van der Waals surface area contributed by atoms with E-state index in [0.717, 1.165) is 26.4 Å². The lowest BCUT2D eigenvalue weighted by atomic mass is 10.2. The van der Waals surface area contributed by atoms with E-state index in [1.807, 2.05) is 31.3 Å². The minimum absolute atomic E-state index is 0.117. The lowest BCUT2D eigenvalue weighted by molar-refractivity contribution is 1.17. The van der Waals surface area contributed by atoms with Gasteiger partial charge in [-0.3, -0.25) is 9.78 Å². The number of thiazole rings is 1. The van der Waals surface area contributed by atoms with Gasteiger partial charge >= 0.3 is 0 Å². The van der Waals surface area contributed by atoms with E-state index in [0.29, 0.717) is 17.2 Å². The molecular formula is C18H15N5OS. The Morgan fingerprint density at radius 3 is 2.80 bits per heavy atom. The molecule has 0 aliphatic carbocycles. The van der Waals surface area contributed by atoms with Crippen molar-refractivity contribution in [3.8, 4) is 10.6 Å². The average molecular weight is 349 g/mol. The number of aromatic nitrogens is 4. The Kier molecular flexibility index (Phi) is 3.77. The molecule has 0 saturated heterocycles. The minimum atomic E-state index is -0.117. The molecule has 0 saturated carbocycles. The van der Waals surface area contributed by atoms with Gasteiger partial charge in [-0.15, -0.1) is 11.3 Å². The summed E-state index contributed by atoms with van der Waals surface area (Å²) in [4.78, 5) is 27.8. The first-order chi connectivity index (χ1) is 12.1. The zero-order chi connectivity index (χ0) is 17.4. The smallest absolute Gasteiger partial charge is 0.252 e. The second kappa shape index (κ2) is 6.10. The first-order valence-corrected chi connectivity index (χ1v) is 8.56. The summed E-state index contributed by atoms with van der Waals surface area (Å²) in [6.07, 6.45) is 5.39. The summed E-state index contributed by atoms with van der Waals surface area (Å²) >= 11 is 1.58. The SMILES string of the molecule is Cc1ccncc1-c1nc2cc(Nc3ccc(C)c(=O)[nH]3)ncc2s1. The molecule has 0 amide bonds. The molecule has 4 aromatic heterocycles. The van der Waals surface area contributed by atoms with Crippen molar-refractivity contribution in [1.82, 2.24) is 19.9 Å². The molecule has 25 heavy (non-hydrogen) atoms. The van der Waals surface area contributed by atoms with Crippen molar-refractivity contribution in [3.05, 3.63) is 64.3 Å². The Hall–Kier alpha value is -3.06. The molecule has 0 aliphatic rings. The van der Waals surface area contributed by atoms with Gasteiger partial charge in [0.05, 0.1) is 10.2 Å². The van der Waals surface area contributed by atoms with Gasteiger partial charge in [0.2, 0.25) is 0 Å². The topological polar surface area (TPSA) is 83.6 Å². The van der Waals surface area contributed by atoms with E-state index in [-0.39, 0.29) is 5.56 Å². The molecule has 4 rings (SSSR count). The third-order valence-electron chi connectivity index (χ3n) is 3.91. The largest absolute Gasteiger partial charge is 0.326 e. The number of hydrogen-bond donors (Lipinski definition) is 2. The number of H-pyrrole nitrogens is 1. The number of anilines is 2. The molecule has 4 heterocycles. The van der Waals surface area contributed by atoms with Crippen LogP contribution in [0.3, 0.4) is 0 Å². The molecule has 0 spiro atoms. The number of nitrogens with zero attached hydrogens (tertiary/aromatic N) is 3. The van der Waals surface area contributed by atoms with Crippen molar-refractivity contribution in [3.63, 3.8) is 0 Å². The van der Waals surface area contributed by atoms with Gasteiger partial charge in [-0.2, -0.15) is 0 Å². The molecule has 0 unspecified atom stereocenters. The lowest BCUT2D eigenvalue weighted by Crippen LogP contribution is -2.10. The molecule has 0 aromatic carbocycles. The fourth-order valence-electron chi connectivity index (χ4n) is 2.46. The van der Waals surface area contributed by atoms with Crippen LogP contribution < -0.4 is 10.9 Å². The van der Waals surface area contributed by atoms with E-state index in [9.17, 15) is 4.79 Å². The number of pyridine rings is 3. The maximum Gasteiger partial charge on any atom is 0.252 e. The van der Waals surface area contributed by atoms with Gasteiger partial charge in [0.15, 0.2) is 0 Å². The zero-order valence-corrected chi connectivity index (χ0v) is 14.5. The van der Waals surface area contributed by atoms with E-state index < -0.39 is 0 Å². The fraction of sp³-hybridized carbons (Fsp3) is 0.111. The van der Waals surface area contributed by atoms with E-state index in [2.05, 4.69) is 20.3 Å². The Balaban J connectivity index is 1.69. The van der Waals surface area contributed by atoms with Crippen molar-refractivity contribution in [1.29, 1.82) is 0 Å². The molecule has 4 aromatic rings. The summed E-state index contributed by atoms with van der Waals surface area (Å²) in [6.45, 7) is 3.81. The molecule has 0 atom stereocenters. The maximum atomic E-state index is 11.7. The number of rotatable bonds is 3.